The number of rotatable bonds is 3. The lowest BCUT2D eigenvalue weighted by Crippen LogP contribution is -2.31. The molecule has 0 radical (unpaired) electrons. The lowest BCUT2D eigenvalue weighted by atomic mass is 10.1. The number of halogens is 4. The standard InChI is InChI=1S/C11H11BrF3NO/c1-7(17)9-5-8(12)3-4-10(9)16(2)6-11(13,14)15/h3-5H,6H2,1-2H3. The highest BCUT2D eigenvalue weighted by Gasteiger charge is 2.30. The smallest absolute Gasteiger partial charge is 0.365 e. The Hall–Kier alpha value is -1.04. The van der Waals surface area contributed by atoms with Crippen LogP contribution in [0.1, 0.15) is 17.3 Å². The van der Waals surface area contributed by atoms with Gasteiger partial charge in [0.25, 0.3) is 0 Å². The van der Waals surface area contributed by atoms with Gasteiger partial charge < -0.3 is 4.90 Å². The Bertz CT molecular complexity index is 431. The normalized spacial score (nSPS) is 11.4. The first-order valence-corrected chi connectivity index (χ1v) is 5.58. The molecule has 2 nitrogen and oxygen atoms in total. The molecule has 94 valence electrons. The molecule has 0 aliphatic carbocycles. The molecule has 1 aromatic carbocycles. The van der Waals surface area contributed by atoms with Crippen LogP contribution < -0.4 is 4.90 Å². The van der Waals surface area contributed by atoms with E-state index in [1.54, 1.807) is 6.07 Å². The number of ketones is 1. The number of carbonyl (C=O) groups excluding carboxylic acids is 1. The maximum Gasteiger partial charge on any atom is 0.405 e. The summed E-state index contributed by atoms with van der Waals surface area (Å²) in [6.07, 6.45) is -4.30. The zero-order valence-electron chi connectivity index (χ0n) is 9.31. The number of Topliss-reactive ketones (excluding diaryl/α,β-unsaturated/α-hetero) is 1. The zero-order chi connectivity index (χ0) is 13.2. The molecule has 0 atom stereocenters. The van der Waals surface area contributed by atoms with Gasteiger partial charge in [0.05, 0.1) is 0 Å². The molecule has 0 fully saturated rings. The van der Waals surface area contributed by atoms with Gasteiger partial charge in [0, 0.05) is 22.8 Å². The summed E-state index contributed by atoms with van der Waals surface area (Å²) in [7, 11) is 1.31. The van der Waals surface area contributed by atoms with Gasteiger partial charge in [-0.15, -0.1) is 0 Å². The van der Waals surface area contributed by atoms with Crippen LogP contribution in [0.2, 0.25) is 0 Å². The summed E-state index contributed by atoms with van der Waals surface area (Å²) in [6.45, 7) is 0.238. The predicted octanol–water partition coefficient (Wildman–Crippen LogP) is 3.65. The molecule has 0 bridgehead atoms. The van der Waals surface area contributed by atoms with Crippen molar-refractivity contribution in [3.8, 4) is 0 Å². The molecule has 0 aliphatic rings. The topological polar surface area (TPSA) is 20.3 Å². The Morgan fingerprint density at radius 1 is 1.41 bits per heavy atom. The van der Waals surface area contributed by atoms with Gasteiger partial charge in [-0.3, -0.25) is 4.79 Å². The zero-order valence-corrected chi connectivity index (χ0v) is 10.9. The molecule has 0 aliphatic heterocycles. The monoisotopic (exact) mass is 309 g/mol. The summed E-state index contributed by atoms with van der Waals surface area (Å²) in [5, 5.41) is 0. The average Bonchev–Trinajstić information content (AvgIpc) is 2.14. The Balaban J connectivity index is 3.09. The molecule has 0 heterocycles. The summed E-state index contributed by atoms with van der Waals surface area (Å²) in [4.78, 5) is 12.4. The maximum absolute atomic E-state index is 12.3. The third kappa shape index (κ3) is 4.03. The van der Waals surface area contributed by atoms with Crippen LogP contribution in [0.5, 0.6) is 0 Å². The van der Waals surface area contributed by atoms with Gasteiger partial charge in [-0.2, -0.15) is 13.2 Å². The molecular weight excluding hydrogens is 299 g/mol. The van der Waals surface area contributed by atoms with E-state index in [1.165, 1.54) is 26.1 Å². The first kappa shape index (κ1) is 14.0. The van der Waals surface area contributed by atoms with Crippen LogP contribution in [0, 0.1) is 0 Å². The molecule has 1 aromatic rings. The summed E-state index contributed by atoms with van der Waals surface area (Å²) >= 11 is 3.18. The molecule has 0 amide bonds. The Kier molecular flexibility index (Phi) is 4.19. The van der Waals surface area contributed by atoms with Crippen molar-refractivity contribution in [1.29, 1.82) is 0 Å². The second kappa shape index (κ2) is 5.08. The number of benzene rings is 1. The minimum atomic E-state index is -4.30. The van der Waals surface area contributed by atoms with Crippen molar-refractivity contribution in [3.05, 3.63) is 28.2 Å². The first-order valence-electron chi connectivity index (χ1n) is 4.79. The highest BCUT2D eigenvalue weighted by Crippen LogP contribution is 2.27. The highest BCUT2D eigenvalue weighted by atomic mass is 79.9. The Labute approximate surface area is 106 Å². The minimum Gasteiger partial charge on any atom is -0.365 e. The lowest BCUT2D eigenvalue weighted by Gasteiger charge is -2.23. The van der Waals surface area contributed by atoms with Crippen molar-refractivity contribution in [3.63, 3.8) is 0 Å². The third-order valence-corrected chi connectivity index (χ3v) is 2.66. The number of carbonyl (C=O) groups is 1. The molecule has 6 heteroatoms. The van der Waals surface area contributed by atoms with E-state index in [2.05, 4.69) is 15.9 Å². The van der Waals surface area contributed by atoms with Crippen molar-refractivity contribution in [2.24, 2.45) is 0 Å². The van der Waals surface area contributed by atoms with Gasteiger partial charge in [0.2, 0.25) is 0 Å². The van der Waals surface area contributed by atoms with E-state index in [-0.39, 0.29) is 17.0 Å². The fourth-order valence-electron chi connectivity index (χ4n) is 1.48. The summed E-state index contributed by atoms with van der Waals surface area (Å²) in [5.74, 6) is -0.268. The third-order valence-electron chi connectivity index (χ3n) is 2.17. The van der Waals surface area contributed by atoms with Gasteiger partial charge in [-0.1, -0.05) is 15.9 Å². The molecule has 0 saturated carbocycles. The van der Waals surface area contributed by atoms with Gasteiger partial charge in [-0.25, -0.2) is 0 Å². The Morgan fingerprint density at radius 2 is 2.00 bits per heavy atom. The number of anilines is 1. The lowest BCUT2D eigenvalue weighted by molar-refractivity contribution is -0.119. The van der Waals surface area contributed by atoms with Crippen molar-refractivity contribution in [2.45, 2.75) is 13.1 Å². The molecule has 0 aromatic heterocycles. The number of alkyl halides is 3. The van der Waals surface area contributed by atoms with Crippen LogP contribution in [-0.2, 0) is 0 Å². The average molecular weight is 310 g/mol. The predicted molar refractivity (Wildman–Crippen MR) is 63.5 cm³/mol. The molecule has 0 N–H and O–H groups in total. The van der Waals surface area contributed by atoms with Crippen molar-refractivity contribution in [2.75, 3.05) is 18.5 Å². The number of hydrogen-bond donors (Lipinski definition) is 0. The second-order valence-corrected chi connectivity index (χ2v) is 4.60. The van der Waals surface area contributed by atoms with Crippen LogP contribution in [0.4, 0.5) is 18.9 Å². The van der Waals surface area contributed by atoms with Gasteiger partial charge in [-0.05, 0) is 25.1 Å². The molecular formula is C11H11BrF3NO. The van der Waals surface area contributed by atoms with E-state index >= 15 is 0 Å². The van der Waals surface area contributed by atoms with Crippen molar-refractivity contribution >= 4 is 27.4 Å². The van der Waals surface area contributed by atoms with E-state index in [1.807, 2.05) is 0 Å². The summed E-state index contributed by atoms with van der Waals surface area (Å²) in [5.41, 5.74) is 0.546. The minimum absolute atomic E-state index is 0.268. The van der Waals surface area contributed by atoms with Gasteiger partial charge in [0.1, 0.15) is 6.54 Å². The molecule has 0 unspecified atom stereocenters. The van der Waals surface area contributed by atoms with E-state index in [4.69, 9.17) is 0 Å². The van der Waals surface area contributed by atoms with Crippen LogP contribution in [0.3, 0.4) is 0 Å². The fourth-order valence-corrected chi connectivity index (χ4v) is 1.84. The van der Waals surface area contributed by atoms with E-state index in [9.17, 15) is 18.0 Å². The number of nitrogens with zero attached hydrogens (tertiary/aromatic N) is 1. The van der Waals surface area contributed by atoms with Crippen molar-refractivity contribution < 1.29 is 18.0 Å². The van der Waals surface area contributed by atoms with Crippen LogP contribution in [-0.4, -0.2) is 25.6 Å². The van der Waals surface area contributed by atoms with E-state index < -0.39 is 12.7 Å². The van der Waals surface area contributed by atoms with Crippen molar-refractivity contribution in [1.82, 2.24) is 0 Å². The first-order chi connectivity index (χ1) is 7.70. The van der Waals surface area contributed by atoms with E-state index in [0.717, 1.165) is 4.90 Å². The quantitative estimate of drug-likeness (QED) is 0.794. The SMILES string of the molecule is CC(=O)c1cc(Br)ccc1N(C)CC(F)(F)F. The molecule has 1 rings (SSSR count). The van der Waals surface area contributed by atoms with Crippen LogP contribution >= 0.6 is 15.9 Å². The summed E-state index contributed by atoms with van der Waals surface area (Å²) < 4.78 is 37.5. The second-order valence-electron chi connectivity index (χ2n) is 3.69. The van der Waals surface area contributed by atoms with Gasteiger partial charge >= 0.3 is 6.18 Å². The maximum atomic E-state index is 12.3. The largest absolute Gasteiger partial charge is 0.405 e. The summed E-state index contributed by atoms with van der Waals surface area (Å²) in [6, 6.07) is 4.62. The molecule has 17 heavy (non-hydrogen) atoms. The van der Waals surface area contributed by atoms with Crippen LogP contribution in [0.25, 0.3) is 0 Å². The van der Waals surface area contributed by atoms with Gasteiger partial charge in [0.15, 0.2) is 5.78 Å². The number of hydrogen-bond acceptors (Lipinski definition) is 2. The Morgan fingerprint density at radius 3 is 2.47 bits per heavy atom. The molecule has 0 saturated heterocycles. The molecule has 0 spiro atoms. The van der Waals surface area contributed by atoms with E-state index in [0.29, 0.717) is 4.47 Å². The fraction of sp³-hybridized carbons (Fsp3) is 0.364. The highest BCUT2D eigenvalue weighted by molar-refractivity contribution is 9.10. The van der Waals surface area contributed by atoms with Crippen LogP contribution in [0.15, 0.2) is 22.7 Å².